The molecule has 2 atom stereocenters. The molecule has 6 heteroatoms. The topological polar surface area (TPSA) is 66.4 Å². The van der Waals surface area contributed by atoms with Crippen LogP contribution in [-0.2, 0) is 16.6 Å². The van der Waals surface area contributed by atoms with Crippen molar-refractivity contribution in [2.75, 3.05) is 0 Å². The summed E-state index contributed by atoms with van der Waals surface area (Å²) in [7, 11) is -3.48. The zero-order chi connectivity index (χ0) is 15.6. The second-order valence-corrected chi connectivity index (χ2v) is 9.33. The average molecular weight is 332 g/mol. The Balaban J connectivity index is 2.19. The molecule has 0 radical (unpaired) electrons. The van der Waals surface area contributed by atoms with E-state index >= 15 is 0 Å². The lowest BCUT2D eigenvalue weighted by molar-refractivity contribution is 0.226. The van der Waals surface area contributed by atoms with Crippen molar-refractivity contribution in [3.63, 3.8) is 0 Å². The monoisotopic (exact) mass is 331 g/mol. The molecular formula is C15H25NO3S2. The zero-order valence-corrected chi connectivity index (χ0v) is 14.6. The lowest BCUT2D eigenvalue weighted by Crippen LogP contribution is -2.43. The molecule has 0 amide bonds. The van der Waals surface area contributed by atoms with Crippen LogP contribution >= 0.6 is 11.3 Å². The summed E-state index contributed by atoms with van der Waals surface area (Å²) < 4.78 is 28.4. The van der Waals surface area contributed by atoms with E-state index < -0.39 is 10.0 Å². The molecule has 0 saturated heterocycles. The van der Waals surface area contributed by atoms with Crippen LogP contribution in [0.5, 0.6) is 0 Å². The van der Waals surface area contributed by atoms with E-state index in [1.807, 2.05) is 6.92 Å². The smallest absolute Gasteiger partial charge is 0.250 e. The highest BCUT2D eigenvalue weighted by Crippen LogP contribution is 2.32. The predicted octanol–water partition coefficient (Wildman–Crippen LogP) is 3.04. The molecule has 120 valence electrons. The summed E-state index contributed by atoms with van der Waals surface area (Å²) in [4.78, 5) is 0.722. The lowest BCUT2D eigenvalue weighted by Gasteiger charge is -2.34. The standard InChI is InChI=1S/C15H25NO3S2/c1-10(2)12-6-4-5-7-13(12)16-21(18,19)15-8-11(3)14(9-17)20-15/h8,10,12-13,16-17H,4-7,9H2,1-3H3. The number of aliphatic hydroxyl groups excluding tert-OH is 1. The van der Waals surface area contributed by atoms with Crippen molar-refractivity contribution >= 4 is 21.4 Å². The Bertz CT molecular complexity index is 578. The van der Waals surface area contributed by atoms with Crippen molar-refractivity contribution in [1.29, 1.82) is 0 Å². The molecule has 21 heavy (non-hydrogen) atoms. The van der Waals surface area contributed by atoms with Gasteiger partial charge in [0.15, 0.2) is 0 Å². The SMILES string of the molecule is Cc1cc(S(=O)(=O)NC2CCCCC2C(C)C)sc1CO. The number of hydrogen-bond acceptors (Lipinski definition) is 4. The summed E-state index contributed by atoms with van der Waals surface area (Å²) in [5.74, 6) is 0.892. The first kappa shape index (κ1) is 16.9. The van der Waals surface area contributed by atoms with Gasteiger partial charge in [-0.3, -0.25) is 0 Å². The highest BCUT2D eigenvalue weighted by atomic mass is 32.2. The molecule has 2 rings (SSSR count). The van der Waals surface area contributed by atoms with Crippen molar-refractivity contribution < 1.29 is 13.5 Å². The van der Waals surface area contributed by atoms with E-state index in [9.17, 15) is 13.5 Å². The van der Waals surface area contributed by atoms with Gasteiger partial charge in [-0.05, 0) is 43.2 Å². The van der Waals surface area contributed by atoms with Crippen LogP contribution in [0.2, 0.25) is 0 Å². The fourth-order valence-electron chi connectivity index (χ4n) is 3.14. The summed E-state index contributed by atoms with van der Waals surface area (Å²) in [5, 5.41) is 9.23. The minimum absolute atomic E-state index is 0.0312. The van der Waals surface area contributed by atoms with Crippen molar-refractivity contribution in [2.45, 2.75) is 63.3 Å². The first-order chi connectivity index (χ1) is 9.85. The summed E-state index contributed by atoms with van der Waals surface area (Å²) in [6.07, 6.45) is 4.28. The second kappa shape index (κ2) is 6.77. The largest absolute Gasteiger partial charge is 0.391 e. The first-order valence-corrected chi connectivity index (χ1v) is 9.87. The third kappa shape index (κ3) is 3.86. The van der Waals surface area contributed by atoms with Crippen LogP contribution in [0.25, 0.3) is 0 Å². The second-order valence-electron chi connectivity index (χ2n) is 6.25. The van der Waals surface area contributed by atoms with Crippen LogP contribution in [0.1, 0.15) is 50.0 Å². The Labute approximate surface area is 131 Å². The number of hydrogen-bond donors (Lipinski definition) is 2. The van der Waals surface area contributed by atoms with E-state index in [4.69, 9.17) is 0 Å². The average Bonchev–Trinajstić information content (AvgIpc) is 2.81. The molecule has 1 aromatic heterocycles. The maximum absolute atomic E-state index is 12.6. The molecule has 2 N–H and O–H groups in total. The van der Waals surface area contributed by atoms with Gasteiger partial charge >= 0.3 is 0 Å². The number of rotatable bonds is 5. The fraction of sp³-hybridized carbons (Fsp3) is 0.733. The van der Waals surface area contributed by atoms with Crippen molar-refractivity contribution in [3.8, 4) is 0 Å². The van der Waals surface area contributed by atoms with Crippen LogP contribution < -0.4 is 4.72 Å². The van der Waals surface area contributed by atoms with Crippen LogP contribution in [0.15, 0.2) is 10.3 Å². The van der Waals surface area contributed by atoms with Gasteiger partial charge in [0, 0.05) is 10.9 Å². The highest BCUT2D eigenvalue weighted by Gasteiger charge is 2.32. The van der Waals surface area contributed by atoms with Gasteiger partial charge in [-0.25, -0.2) is 13.1 Å². The summed E-state index contributed by atoms with van der Waals surface area (Å²) in [6, 6.07) is 1.69. The van der Waals surface area contributed by atoms with Crippen molar-refractivity contribution in [3.05, 3.63) is 16.5 Å². The Hall–Kier alpha value is -0.430. The Kier molecular flexibility index (Phi) is 5.46. The van der Waals surface area contributed by atoms with E-state index in [0.29, 0.717) is 16.0 Å². The Morgan fingerprint density at radius 3 is 2.62 bits per heavy atom. The zero-order valence-electron chi connectivity index (χ0n) is 12.9. The fourth-order valence-corrected chi connectivity index (χ4v) is 5.93. The van der Waals surface area contributed by atoms with E-state index in [-0.39, 0.29) is 12.6 Å². The summed E-state index contributed by atoms with van der Waals surface area (Å²) in [6.45, 7) is 6.05. The van der Waals surface area contributed by atoms with Gasteiger partial charge in [0.1, 0.15) is 4.21 Å². The summed E-state index contributed by atoms with van der Waals surface area (Å²) in [5.41, 5.74) is 0.840. The van der Waals surface area contributed by atoms with Crippen LogP contribution in [0.4, 0.5) is 0 Å². The van der Waals surface area contributed by atoms with Crippen LogP contribution in [0, 0.1) is 18.8 Å². The van der Waals surface area contributed by atoms with Gasteiger partial charge in [-0.1, -0.05) is 26.7 Å². The maximum atomic E-state index is 12.6. The quantitative estimate of drug-likeness (QED) is 0.871. The molecule has 0 aliphatic heterocycles. The Morgan fingerprint density at radius 1 is 1.38 bits per heavy atom. The molecule has 1 heterocycles. The van der Waals surface area contributed by atoms with Gasteiger partial charge in [0.2, 0.25) is 10.0 Å². The minimum atomic E-state index is -3.48. The van der Waals surface area contributed by atoms with Gasteiger partial charge in [-0.2, -0.15) is 0 Å². The third-order valence-corrected chi connectivity index (χ3v) is 7.57. The first-order valence-electron chi connectivity index (χ1n) is 7.57. The molecular weight excluding hydrogens is 306 g/mol. The van der Waals surface area contributed by atoms with Gasteiger partial charge in [0.25, 0.3) is 0 Å². The van der Waals surface area contributed by atoms with Gasteiger partial charge in [0.05, 0.1) is 6.61 Å². The Morgan fingerprint density at radius 2 is 2.05 bits per heavy atom. The van der Waals surface area contributed by atoms with Gasteiger partial charge < -0.3 is 5.11 Å². The predicted molar refractivity (Wildman–Crippen MR) is 85.9 cm³/mol. The van der Waals surface area contributed by atoms with E-state index in [1.54, 1.807) is 6.07 Å². The van der Waals surface area contributed by atoms with Crippen molar-refractivity contribution in [1.82, 2.24) is 4.72 Å². The number of nitrogens with one attached hydrogen (secondary N) is 1. The minimum Gasteiger partial charge on any atom is -0.391 e. The number of aliphatic hydroxyl groups is 1. The van der Waals surface area contributed by atoms with E-state index in [2.05, 4.69) is 18.6 Å². The molecule has 0 spiro atoms. The van der Waals surface area contributed by atoms with E-state index in [0.717, 1.165) is 41.0 Å². The molecule has 4 nitrogen and oxygen atoms in total. The van der Waals surface area contributed by atoms with Crippen molar-refractivity contribution in [2.24, 2.45) is 11.8 Å². The molecule has 1 aliphatic carbocycles. The molecule has 1 aliphatic rings. The molecule has 2 unspecified atom stereocenters. The lowest BCUT2D eigenvalue weighted by atomic mass is 9.78. The molecule has 1 saturated carbocycles. The molecule has 1 fully saturated rings. The maximum Gasteiger partial charge on any atom is 0.250 e. The van der Waals surface area contributed by atoms with Crippen LogP contribution in [0.3, 0.4) is 0 Å². The van der Waals surface area contributed by atoms with Crippen LogP contribution in [-0.4, -0.2) is 19.6 Å². The number of aryl methyl sites for hydroxylation is 1. The molecule has 0 bridgehead atoms. The highest BCUT2D eigenvalue weighted by molar-refractivity contribution is 7.91. The summed E-state index contributed by atoms with van der Waals surface area (Å²) >= 11 is 1.16. The normalized spacial score (nSPS) is 23.7. The number of thiophene rings is 1. The molecule has 0 aromatic carbocycles. The third-order valence-electron chi connectivity index (χ3n) is 4.39. The molecule has 1 aromatic rings. The number of sulfonamides is 1. The van der Waals surface area contributed by atoms with E-state index in [1.165, 1.54) is 6.42 Å². The van der Waals surface area contributed by atoms with Gasteiger partial charge in [-0.15, -0.1) is 11.3 Å².